The molecule has 1 aromatic rings. The van der Waals surface area contributed by atoms with Crippen LogP contribution in [-0.2, 0) is 13.0 Å². The lowest BCUT2D eigenvalue weighted by Gasteiger charge is -2.07. The lowest BCUT2D eigenvalue weighted by molar-refractivity contribution is 0.776. The molecule has 0 unspecified atom stereocenters. The highest BCUT2D eigenvalue weighted by Crippen LogP contribution is 2.05. The predicted octanol–water partition coefficient (Wildman–Crippen LogP) is 3.26. The SMILES string of the molecule is C=C(CC)NCc1ccc(CC)cc1. The lowest BCUT2D eigenvalue weighted by Crippen LogP contribution is -2.10. The van der Waals surface area contributed by atoms with E-state index in [2.05, 4.69) is 50.0 Å². The number of benzene rings is 1. The van der Waals surface area contributed by atoms with Crippen LogP contribution in [0.3, 0.4) is 0 Å². The zero-order valence-electron chi connectivity index (χ0n) is 9.14. The Balaban J connectivity index is 2.47. The Bertz CT molecular complexity index is 285. The maximum atomic E-state index is 3.91. The molecule has 0 radical (unpaired) electrons. The molecule has 1 rings (SSSR count). The molecule has 0 bridgehead atoms. The van der Waals surface area contributed by atoms with E-state index in [9.17, 15) is 0 Å². The Morgan fingerprint density at radius 3 is 2.21 bits per heavy atom. The van der Waals surface area contributed by atoms with E-state index in [0.29, 0.717) is 0 Å². The van der Waals surface area contributed by atoms with Crippen molar-refractivity contribution in [2.75, 3.05) is 0 Å². The molecular formula is C13H19N. The Kier molecular flexibility index (Phi) is 4.24. The maximum absolute atomic E-state index is 3.91. The van der Waals surface area contributed by atoms with Crippen LogP contribution in [0.1, 0.15) is 31.4 Å². The van der Waals surface area contributed by atoms with Gasteiger partial charge in [0.15, 0.2) is 0 Å². The Morgan fingerprint density at radius 2 is 1.71 bits per heavy atom. The second-order valence-corrected chi connectivity index (χ2v) is 3.48. The van der Waals surface area contributed by atoms with Gasteiger partial charge in [-0.1, -0.05) is 44.7 Å². The molecular weight excluding hydrogens is 170 g/mol. The van der Waals surface area contributed by atoms with E-state index in [1.165, 1.54) is 11.1 Å². The molecule has 0 aliphatic heterocycles. The molecule has 0 fully saturated rings. The first-order valence-corrected chi connectivity index (χ1v) is 5.25. The van der Waals surface area contributed by atoms with Gasteiger partial charge in [-0.3, -0.25) is 0 Å². The zero-order valence-corrected chi connectivity index (χ0v) is 9.14. The number of hydrogen-bond acceptors (Lipinski definition) is 1. The van der Waals surface area contributed by atoms with Crippen molar-refractivity contribution < 1.29 is 0 Å². The standard InChI is InChI=1S/C13H19N/c1-4-11(3)14-10-13-8-6-12(5-2)7-9-13/h6-9,14H,3-5,10H2,1-2H3. The van der Waals surface area contributed by atoms with Crippen LogP contribution in [0.2, 0.25) is 0 Å². The predicted molar refractivity (Wildman–Crippen MR) is 62.1 cm³/mol. The maximum Gasteiger partial charge on any atom is 0.0397 e. The topological polar surface area (TPSA) is 12.0 Å². The van der Waals surface area contributed by atoms with Crippen LogP contribution in [0.15, 0.2) is 36.5 Å². The minimum absolute atomic E-state index is 0.886. The van der Waals surface area contributed by atoms with Crippen molar-refractivity contribution in [1.29, 1.82) is 0 Å². The van der Waals surface area contributed by atoms with E-state index in [-0.39, 0.29) is 0 Å². The summed E-state index contributed by atoms with van der Waals surface area (Å²) in [7, 11) is 0. The number of nitrogens with one attached hydrogen (secondary N) is 1. The molecule has 0 aliphatic carbocycles. The third-order valence-electron chi connectivity index (χ3n) is 2.40. The van der Waals surface area contributed by atoms with Gasteiger partial charge in [0, 0.05) is 12.2 Å². The van der Waals surface area contributed by atoms with Gasteiger partial charge < -0.3 is 5.32 Å². The Labute approximate surface area is 86.8 Å². The third kappa shape index (κ3) is 3.25. The van der Waals surface area contributed by atoms with Gasteiger partial charge >= 0.3 is 0 Å². The van der Waals surface area contributed by atoms with Gasteiger partial charge in [-0.2, -0.15) is 0 Å². The summed E-state index contributed by atoms with van der Waals surface area (Å²) in [6.07, 6.45) is 2.10. The molecule has 0 saturated carbocycles. The molecule has 1 N–H and O–H groups in total. The summed E-state index contributed by atoms with van der Waals surface area (Å²) in [5.74, 6) is 0. The van der Waals surface area contributed by atoms with Crippen molar-refractivity contribution in [2.45, 2.75) is 33.2 Å². The monoisotopic (exact) mass is 189 g/mol. The average molecular weight is 189 g/mol. The van der Waals surface area contributed by atoms with Crippen LogP contribution in [0.5, 0.6) is 0 Å². The first-order valence-electron chi connectivity index (χ1n) is 5.25. The molecule has 0 heterocycles. The van der Waals surface area contributed by atoms with Crippen LogP contribution in [-0.4, -0.2) is 0 Å². The number of hydrogen-bond donors (Lipinski definition) is 1. The minimum Gasteiger partial charge on any atom is -0.385 e. The van der Waals surface area contributed by atoms with E-state index < -0.39 is 0 Å². The molecule has 1 nitrogen and oxygen atoms in total. The summed E-state index contributed by atoms with van der Waals surface area (Å²) < 4.78 is 0. The summed E-state index contributed by atoms with van der Waals surface area (Å²) >= 11 is 0. The third-order valence-corrected chi connectivity index (χ3v) is 2.40. The highest BCUT2D eigenvalue weighted by Gasteiger charge is 1.93. The van der Waals surface area contributed by atoms with Crippen molar-refractivity contribution in [3.63, 3.8) is 0 Å². The average Bonchev–Trinajstić information content (AvgIpc) is 2.26. The van der Waals surface area contributed by atoms with Gasteiger partial charge in [0.2, 0.25) is 0 Å². The van der Waals surface area contributed by atoms with Crippen LogP contribution in [0.25, 0.3) is 0 Å². The van der Waals surface area contributed by atoms with Gasteiger partial charge in [-0.15, -0.1) is 0 Å². The molecule has 0 spiro atoms. The first kappa shape index (κ1) is 10.8. The van der Waals surface area contributed by atoms with E-state index in [1.807, 2.05) is 0 Å². The van der Waals surface area contributed by atoms with Gasteiger partial charge in [0.05, 0.1) is 0 Å². The fourth-order valence-corrected chi connectivity index (χ4v) is 1.24. The quantitative estimate of drug-likeness (QED) is 0.749. The highest BCUT2D eigenvalue weighted by atomic mass is 14.9. The first-order chi connectivity index (χ1) is 6.76. The summed E-state index contributed by atoms with van der Waals surface area (Å²) in [6.45, 7) is 9.08. The van der Waals surface area contributed by atoms with Crippen LogP contribution in [0.4, 0.5) is 0 Å². The smallest absolute Gasteiger partial charge is 0.0397 e. The fourth-order valence-electron chi connectivity index (χ4n) is 1.24. The second-order valence-electron chi connectivity index (χ2n) is 3.48. The second kappa shape index (κ2) is 5.48. The largest absolute Gasteiger partial charge is 0.385 e. The van der Waals surface area contributed by atoms with Gasteiger partial charge in [0.1, 0.15) is 0 Å². The summed E-state index contributed by atoms with van der Waals surface area (Å²) in [5.41, 5.74) is 3.81. The van der Waals surface area contributed by atoms with Crippen molar-refractivity contribution in [2.24, 2.45) is 0 Å². The molecule has 14 heavy (non-hydrogen) atoms. The van der Waals surface area contributed by atoms with E-state index in [0.717, 1.165) is 25.1 Å². The summed E-state index contributed by atoms with van der Waals surface area (Å²) in [4.78, 5) is 0. The van der Waals surface area contributed by atoms with E-state index in [4.69, 9.17) is 0 Å². The van der Waals surface area contributed by atoms with Crippen molar-refractivity contribution in [3.05, 3.63) is 47.7 Å². The van der Waals surface area contributed by atoms with Gasteiger partial charge in [-0.05, 0) is 24.0 Å². The Morgan fingerprint density at radius 1 is 1.14 bits per heavy atom. The molecule has 0 amide bonds. The Hall–Kier alpha value is -1.24. The van der Waals surface area contributed by atoms with Crippen molar-refractivity contribution in [1.82, 2.24) is 5.32 Å². The molecule has 0 atom stereocenters. The minimum atomic E-state index is 0.886. The summed E-state index contributed by atoms with van der Waals surface area (Å²) in [6, 6.07) is 8.72. The molecule has 76 valence electrons. The zero-order chi connectivity index (χ0) is 10.4. The molecule has 1 aromatic carbocycles. The fraction of sp³-hybridized carbons (Fsp3) is 0.385. The van der Waals surface area contributed by atoms with Crippen LogP contribution < -0.4 is 5.32 Å². The lowest BCUT2D eigenvalue weighted by atomic mass is 10.1. The number of allylic oxidation sites excluding steroid dienone is 1. The molecule has 0 aliphatic rings. The van der Waals surface area contributed by atoms with Crippen molar-refractivity contribution >= 4 is 0 Å². The molecule has 0 saturated heterocycles. The van der Waals surface area contributed by atoms with E-state index >= 15 is 0 Å². The summed E-state index contributed by atoms with van der Waals surface area (Å²) in [5, 5.41) is 3.29. The van der Waals surface area contributed by atoms with Gasteiger partial charge in [-0.25, -0.2) is 0 Å². The van der Waals surface area contributed by atoms with Crippen LogP contribution >= 0.6 is 0 Å². The number of rotatable bonds is 5. The number of aryl methyl sites for hydroxylation is 1. The highest BCUT2D eigenvalue weighted by molar-refractivity contribution is 5.22. The normalized spacial score (nSPS) is 9.86. The molecule has 0 aromatic heterocycles. The van der Waals surface area contributed by atoms with Crippen molar-refractivity contribution in [3.8, 4) is 0 Å². The molecule has 1 heteroatoms. The van der Waals surface area contributed by atoms with E-state index in [1.54, 1.807) is 0 Å². The van der Waals surface area contributed by atoms with Crippen LogP contribution in [0, 0.1) is 0 Å². The van der Waals surface area contributed by atoms with Gasteiger partial charge in [0.25, 0.3) is 0 Å².